The summed E-state index contributed by atoms with van der Waals surface area (Å²) < 4.78 is 0. The topological polar surface area (TPSA) is 104 Å². The standard InChI is InChI=1S/C18H36O2.C4H5NO3S.Na.H/c1-2-3-4-5-6-7-8-9-10-11-12-13-14-15-16-17-18(19)20;6-3(7)2-1-9-4(8)5-2;;/h2-17H2,1H3,(H,19,20);2H,1H2,(H,5,8)(H,6,7);;. The summed E-state index contributed by atoms with van der Waals surface area (Å²) in [6.07, 6.45) is 20.2. The normalized spacial score (nSPS) is 15.0. The molecule has 0 aromatic carbocycles. The van der Waals surface area contributed by atoms with E-state index in [1.54, 1.807) is 0 Å². The number of thioether (sulfide) groups is 1. The van der Waals surface area contributed by atoms with Crippen LogP contribution in [0.5, 0.6) is 0 Å². The number of carbonyl (C=O) groups excluding carboxylic acids is 1. The van der Waals surface area contributed by atoms with Crippen molar-refractivity contribution in [2.45, 2.75) is 116 Å². The van der Waals surface area contributed by atoms with Crippen molar-refractivity contribution in [3.05, 3.63) is 0 Å². The van der Waals surface area contributed by atoms with Crippen LogP contribution in [-0.2, 0) is 9.59 Å². The molecule has 1 saturated heterocycles. The number of hydrogen-bond acceptors (Lipinski definition) is 4. The van der Waals surface area contributed by atoms with E-state index in [1.165, 1.54) is 83.5 Å². The first kappa shape index (κ1) is 31.9. The zero-order valence-electron chi connectivity index (χ0n) is 18.1. The number of hydrogen-bond donors (Lipinski definition) is 3. The van der Waals surface area contributed by atoms with E-state index in [-0.39, 0.29) is 34.8 Å². The predicted molar refractivity (Wildman–Crippen MR) is 127 cm³/mol. The van der Waals surface area contributed by atoms with Gasteiger partial charge in [-0.15, -0.1) is 0 Å². The average molecular weight is 456 g/mol. The molecule has 172 valence electrons. The van der Waals surface area contributed by atoms with Crippen LogP contribution in [0, 0.1) is 0 Å². The van der Waals surface area contributed by atoms with Gasteiger partial charge in [-0.2, -0.15) is 0 Å². The van der Waals surface area contributed by atoms with E-state index >= 15 is 0 Å². The van der Waals surface area contributed by atoms with Crippen molar-refractivity contribution < 1.29 is 24.6 Å². The molecule has 1 aliphatic heterocycles. The van der Waals surface area contributed by atoms with Gasteiger partial charge in [0.15, 0.2) is 0 Å². The van der Waals surface area contributed by atoms with Crippen molar-refractivity contribution in [3.63, 3.8) is 0 Å². The van der Waals surface area contributed by atoms with Crippen molar-refractivity contribution >= 4 is 58.5 Å². The number of carbonyl (C=O) groups is 3. The molecular formula is C22H42NNaO5S. The van der Waals surface area contributed by atoms with Crippen LogP contribution in [0.3, 0.4) is 0 Å². The molecule has 8 heteroatoms. The van der Waals surface area contributed by atoms with E-state index in [2.05, 4.69) is 12.2 Å². The second kappa shape index (κ2) is 23.4. The Hall–Kier alpha value is -0.240. The SMILES string of the molecule is CCCCCCCCCCCCCCCCCC(=O)O.O=C1NC(C(=O)O)CS1.[NaH]. The molecule has 0 spiro atoms. The molecule has 1 heterocycles. The maximum absolute atomic E-state index is 10.3. The third kappa shape index (κ3) is 22.4. The Kier molecular flexibility index (Phi) is 24.9. The summed E-state index contributed by atoms with van der Waals surface area (Å²) in [7, 11) is 0. The second-order valence-corrected chi connectivity index (χ2v) is 8.72. The van der Waals surface area contributed by atoms with Gasteiger partial charge >= 0.3 is 41.5 Å². The van der Waals surface area contributed by atoms with Gasteiger partial charge in [-0.25, -0.2) is 4.79 Å². The summed E-state index contributed by atoms with van der Waals surface area (Å²) in [5, 5.41) is 18.9. The van der Waals surface area contributed by atoms with Gasteiger partial charge in [0.25, 0.3) is 5.24 Å². The van der Waals surface area contributed by atoms with Crippen molar-refractivity contribution in [2.24, 2.45) is 0 Å². The molecule has 0 saturated carbocycles. The molecular weight excluding hydrogens is 413 g/mol. The van der Waals surface area contributed by atoms with E-state index in [4.69, 9.17) is 10.2 Å². The summed E-state index contributed by atoms with van der Waals surface area (Å²) in [5.41, 5.74) is 0. The fourth-order valence-electron chi connectivity index (χ4n) is 3.17. The Morgan fingerprint density at radius 1 is 0.833 bits per heavy atom. The molecule has 1 atom stereocenters. The quantitative estimate of drug-likeness (QED) is 0.195. The number of aliphatic carboxylic acids is 2. The van der Waals surface area contributed by atoms with Crippen LogP contribution < -0.4 is 5.32 Å². The van der Waals surface area contributed by atoms with Gasteiger partial charge in [-0.05, 0) is 6.42 Å². The fraction of sp³-hybridized carbons (Fsp3) is 0.864. The summed E-state index contributed by atoms with van der Waals surface area (Å²) in [6, 6.07) is -0.678. The molecule has 3 N–H and O–H groups in total. The van der Waals surface area contributed by atoms with Crippen molar-refractivity contribution in [1.82, 2.24) is 5.32 Å². The number of unbranched alkanes of at least 4 members (excludes halogenated alkanes) is 14. The second-order valence-electron chi connectivity index (χ2n) is 7.73. The van der Waals surface area contributed by atoms with E-state index < -0.39 is 18.0 Å². The molecule has 1 aliphatic rings. The third-order valence-electron chi connectivity index (χ3n) is 4.97. The van der Waals surface area contributed by atoms with Crippen LogP contribution in [0.15, 0.2) is 0 Å². The van der Waals surface area contributed by atoms with Gasteiger partial charge in [0.05, 0.1) is 0 Å². The van der Waals surface area contributed by atoms with Crippen LogP contribution in [-0.4, -0.2) is 68.7 Å². The number of nitrogens with one attached hydrogen (secondary N) is 1. The van der Waals surface area contributed by atoms with Gasteiger partial charge in [0.2, 0.25) is 0 Å². The van der Waals surface area contributed by atoms with E-state index in [0.717, 1.165) is 24.6 Å². The molecule has 1 amide bonds. The Labute approximate surface area is 209 Å². The van der Waals surface area contributed by atoms with Crippen LogP contribution >= 0.6 is 11.8 Å². The number of amides is 1. The summed E-state index contributed by atoms with van der Waals surface area (Å²) >= 11 is 1.00. The van der Waals surface area contributed by atoms with Gasteiger partial charge in [-0.1, -0.05) is 109 Å². The zero-order valence-corrected chi connectivity index (χ0v) is 18.9. The molecule has 0 aliphatic carbocycles. The molecule has 0 bridgehead atoms. The molecule has 1 rings (SSSR count). The molecule has 0 radical (unpaired) electrons. The monoisotopic (exact) mass is 455 g/mol. The zero-order chi connectivity index (χ0) is 21.7. The van der Waals surface area contributed by atoms with Gasteiger partial charge in [0.1, 0.15) is 6.04 Å². The van der Waals surface area contributed by atoms with Crippen LogP contribution in [0.1, 0.15) is 110 Å². The Morgan fingerprint density at radius 3 is 1.50 bits per heavy atom. The molecule has 1 unspecified atom stereocenters. The van der Waals surface area contributed by atoms with Crippen molar-refractivity contribution in [1.29, 1.82) is 0 Å². The van der Waals surface area contributed by atoms with Crippen LogP contribution in [0.4, 0.5) is 4.79 Å². The van der Waals surface area contributed by atoms with Crippen molar-refractivity contribution in [3.8, 4) is 0 Å². The summed E-state index contributed by atoms with van der Waals surface area (Å²) in [6.45, 7) is 2.27. The fourth-order valence-corrected chi connectivity index (χ4v) is 3.93. The average Bonchev–Trinajstić information content (AvgIpc) is 3.12. The van der Waals surface area contributed by atoms with Gasteiger partial charge in [-0.3, -0.25) is 9.59 Å². The minimum atomic E-state index is -0.964. The molecule has 30 heavy (non-hydrogen) atoms. The van der Waals surface area contributed by atoms with Crippen LogP contribution in [0.2, 0.25) is 0 Å². The van der Waals surface area contributed by atoms with E-state index in [9.17, 15) is 14.4 Å². The molecule has 1 fully saturated rings. The Bertz CT molecular complexity index is 451. The Morgan fingerprint density at radius 2 is 1.23 bits per heavy atom. The number of rotatable bonds is 17. The summed E-state index contributed by atoms with van der Waals surface area (Å²) in [5.74, 6) is -1.28. The van der Waals surface area contributed by atoms with Crippen molar-refractivity contribution in [2.75, 3.05) is 5.75 Å². The first-order valence-corrected chi connectivity index (χ1v) is 12.3. The first-order chi connectivity index (χ1) is 14.0. The molecule has 6 nitrogen and oxygen atoms in total. The number of carboxylic acids is 2. The number of carboxylic acid groups (broad SMARTS) is 2. The summed E-state index contributed by atoms with van der Waals surface area (Å²) in [4.78, 5) is 30.8. The molecule has 0 aromatic rings. The van der Waals surface area contributed by atoms with Gasteiger partial charge < -0.3 is 15.5 Å². The van der Waals surface area contributed by atoms with Crippen LogP contribution in [0.25, 0.3) is 0 Å². The Balaban J connectivity index is 0. The molecule has 0 aromatic heterocycles. The predicted octanol–water partition coefficient (Wildman–Crippen LogP) is 5.58. The third-order valence-corrected chi connectivity index (χ3v) is 5.85. The minimum absolute atomic E-state index is 0. The van der Waals surface area contributed by atoms with Gasteiger partial charge in [0, 0.05) is 12.2 Å². The van der Waals surface area contributed by atoms with E-state index in [0.29, 0.717) is 12.2 Å². The maximum atomic E-state index is 10.3. The van der Waals surface area contributed by atoms with E-state index in [1.807, 2.05) is 0 Å². The first-order valence-electron chi connectivity index (χ1n) is 11.3.